The van der Waals surface area contributed by atoms with Crippen molar-refractivity contribution in [3.63, 3.8) is 0 Å². The van der Waals surface area contributed by atoms with Crippen LogP contribution >= 0.6 is 0 Å². The number of rotatable bonds is 3. The normalized spacial score (nSPS) is 26.5. The zero-order chi connectivity index (χ0) is 21.8. The van der Waals surface area contributed by atoms with Crippen molar-refractivity contribution in [1.82, 2.24) is 9.80 Å². The van der Waals surface area contributed by atoms with E-state index in [0.29, 0.717) is 36.1 Å². The summed E-state index contributed by atoms with van der Waals surface area (Å²) < 4.78 is 4.85. The fourth-order valence-corrected chi connectivity index (χ4v) is 5.70. The molecule has 1 saturated carbocycles. The van der Waals surface area contributed by atoms with Crippen LogP contribution in [0.5, 0.6) is 0 Å². The lowest BCUT2D eigenvalue weighted by Gasteiger charge is -2.34. The molecule has 0 spiro atoms. The lowest BCUT2D eigenvalue weighted by Crippen LogP contribution is -2.43. The van der Waals surface area contributed by atoms with Crippen LogP contribution < -0.4 is 0 Å². The van der Waals surface area contributed by atoms with E-state index in [4.69, 9.17) is 4.74 Å². The van der Waals surface area contributed by atoms with Gasteiger partial charge in [-0.05, 0) is 68.7 Å². The van der Waals surface area contributed by atoms with E-state index >= 15 is 0 Å². The summed E-state index contributed by atoms with van der Waals surface area (Å²) in [7, 11) is 1.35. The minimum Gasteiger partial charge on any atom is -0.467 e. The monoisotopic (exact) mass is 426 g/mol. The molecule has 3 unspecified atom stereocenters. The first-order valence-electron chi connectivity index (χ1n) is 11.9. The Morgan fingerprint density at radius 3 is 2.00 bits per heavy atom. The van der Waals surface area contributed by atoms with Gasteiger partial charge in [0.2, 0.25) is 0 Å². The Balaban J connectivity index is 1.48. The van der Waals surface area contributed by atoms with E-state index in [1.807, 2.05) is 0 Å². The van der Waals surface area contributed by atoms with Gasteiger partial charge in [0.15, 0.2) is 0 Å². The molecule has 2 amide bonds. The molecule has 31 heavy (non-hydrogen) atoms. The highest BCUT2D eigenvalue weighted by atomic mass is 16.5. The minimum absolute atomic E-state index is 0.0893. The molecule has 1 aliphatic carbocycles. The van der Waals surface area contributed by atoms with Gasteiger partial charge in [0.05, 0.1) is 7.11 Å². The summed E-state index contributed by atoms with van der Waals surface area (Å²) in [6, 6.07) is 6.84. The molecular formula is C25H34N2O4. The second kappa shape index (κ2) is 9.84. The average molecular weight is 427 g/mol. The topological polar surface area (TPSA) is 66.9 Å². The van der Waals surface area contributed by atoms with Crippen LogP contribution in [0.4, 0.5) is 0 Å². The Bertz CT molecular complexity index is 804. The van der Waals surface area contributed by atoms with Crippen molar-refractivity contribution in [2.45, 2.75) is 76.3 Å². The van der Waals surface area contributed by atoms with Crippen LogP contribution in [0.1, 0.15) is 84.9 Å². The van der Waals surface area contributed by atoms with E-state index in [1.54, 1.807) is 29.2 Å². The Morgan fingerprint density at radius 2 is 1.32 bits per heavy atom. The molecule has 3 fully saturated rings. The number of hydrogen-bond donors (Lipinski definition) is 0. The first-order chi connectivity index (χ1) is 15.1. The van der Waals surface area contributed by atoms with Gasteiger partial charge in [0, 0.05) is 30.3 Å². The summed E-state index contributed by atoms with van der Waals surface area (Å²) in [4.78, 5) is 42.1. The molecule has 0 aromatic heterocycles. The number of amides is 2. The smallest absolute Gasteiger partial charge is 0.328 e. The highest BCUT2D eigenvalue weighted by molar-refractivity contribution is 5.99. The van der Waals surface area contributed by atoms with Crippen LogP contribution in [0.15, 0.2) is 24.3 Å². The van der Waals surface area contributed by atoms with Crippen molar-refractivity contribution in [3.8, 4) is 0 Å². The van der Waals surface area contributed by atoms with Crippen LogP contribution in [-0.4, -0.2) is 59.9 Å². The van der Waals surface area contributed by atoms with Crippen molar-refractivity contribution in [2.24, 2.45) is 5.92 Å². The average Bonchev–Trinajstić information content (AvgIpc) is 3.06. The third kappa shape index (κ3) is 4.63. The van der Waals surface area contributed by atoms with E-state index < -0.39 is 6.04 Å². The number of benzene rings is 1. The molecule has 2 aliphatic heterocycles. The number of esters is 1. The van der Waals surface area contributed by atoms with Gasteiger partial charge in [-0.2, -0.15) is 0 Å². The number of nitrogens with zero attached hydrogens (tertiary/aromatic N) is 2. The van der Waals surface area contributed by atoms with Gasteiger partial charge in [0.1, 0.15) is 6.04 Å². The molecule has 4 rings (SSSR count). The molecule has 1 aromatic carbocycles. The van der Waals surface area contributed by atoms with Crippen molar-refractivity contribution in [2.75, 3.05) is 20.2 Å². The maximum Gasteiger partial charge on any atom is 0.328 e. The molecule has 6 heteroatoms. The van der Waals surface area contributed by atoms with Crippen LogP contribution in [0.25, 0.3) is 0 Å². The largest absolute Gasteiger partial charge is 0.467 e. The lowest BCUT2D eigenvalue weighted by molar-refractivity contribution is -0.145. The second-order valence-corrected chi connectivity index (χ2v) is 9.22. The molecule has 0 N–H and O–H groups in total. The first-order valence-corrected chi connectivity index (χ1v) is 11.9. The maximum absolute atomic E-state index is 13.4. The molecule has 6 nitrogen and oxygen atoms in total. The predicted octanol–water partition coefficient (Wildman–Crippen LogP) is 4.04. The number of methoxy groups -OCH3 is 1. The number of hydrogen-bond acceptors (Lipinski definition) is 4. The molecule has 2 heterocycles. The number of fused-ring (bicyclic) bond motifs is 1. The lowest BCUT2D eigenvalue weighted by atomic mass is 9.90. The molecule has 0 bridgehead atoms. The highest BCUT2D eigenvalue weighted by Crippen LogP contribution is 2.34. The van der Waals surface area contributed by atoms with Crippen molar-refractivity contribution in [1.29, 1.82) is 0 Å². The molecule has 1 aromatic rings. The number of likely N-dealkylation sites (tertiary alicyclic amines) is 2. The summed E-state index contributed by atoms with van der Waals surface area (Å²) in [5.74, 6) is 0.175. The van der Waals surface area contributed by atoms with Gasteiger partial charge in [-0.25, -0.2) is 4.79 Å². The summed E-state index contributed by atoms with van der Waals surface area (Å²) in [5.41, 5.74) is 1.16. The van der Waals surface area contributed by atoms with Crippen LogP contribution in [0.2, 0.25) is 0 Å². The van der Waals surface area contributed by atoms with Gasteiger partial charge in [-0.15, -0.1) is 0 Å². The minimum atomic E-state index is -0.511. The Labute approximate surface area is 184 Å². The van der Waals surface area contributed by atoms with Crippen LogP contribution in [0.3, 0.4) is 0 Å². The predicted molar refractivity (Wildman–Crippen MR) is 118 cm³/mol. The first kappa shape index (κ1) is 21.8. The van der Waals surface area contributed by atoms with Crippen molar-refractivity contribution >= 4 is 17.8 Å². The summed E-state index contributed by atoms with van der Waals surface area (Å²) >= 11 is 0. The van der Waals surface area contributed by atoms with Crippen molar-refractivity contribution < 1.29 is 19.1 Å². The number of carbonyl (C=O) groups excluding carboxylic acids is 3. The van der Waals surface area contributed by atoms with E-state index in [-0.39, 0.29) is 17.8 Å². The van der Waals surface area contributed by atoms with Gasteiger partial charge < -0.3 is 14.5 Å². The van der Waals surface area contributed by atoms with Gasteiger partial charge in [-0.3, -0.25) is 9.59 Å². The zero-order valence-corrected chi connectivity index (χ0v) is 18.6. The molecular weight excluding hydrogens is 392 g/mol. The van der Waals surface area contributed by atoms with Gasteiger partial charge in [0.25, 0.3) is 11.8 Å². The van der Waals surface area contributed by atoms with E-state index in [1.165, 1.54) is 45.6 Å². The van der Waals surface area contributed by atoms with E-state index in [2.05, 4.69) is 4.90 Å². The third-order valence-corrected chi connectivity index (χ3v) is 7.37. The second-order valence-electron chi connectivity index (χ2n) is 9.22. The quantitative estimate of drug-likeness (QED) is 0.684. The SMILES string of the molecule is COC(=O)C1CCCN1C(=O)c1ccc(C(=O)N2CCCCC3CCCCCC32)cc1. The Kier molecular flexibility index (Phi) is 6.93. The van der Waals surface area contributed by atoms with E-state index in [9.17, 15) is 14.4 Å². The molecule has 3 aliphatic rings. The number of carbonyl (C=O) groups is 3. The highest BCUT2D eigenvalue weighted by Gasteiger charge is 2.36. The van der Waals surface area contributed by atoms with Gasteiger partial charge >= 0.3 is 5.97 Å². The zero-order valence-electron chi connectivity index (χ0n) is 18.6. The Hall–Kier alpha value is -2.37. The fraction of sp³-hybridized carbons (Fsp3) is 0.640. The molecule has 3 atom stereocenters. The maximum atomic E-state index is 13.4. The van der Waals surface area contributed by atoms with E-state index in [0.717, 1.165) is 25.8 Å². The third-order valence-electron chi connectivity index (χ3n) is 7.37. The van der Waals surface area contributed by atoms with Crippen LogP contribution in [0, 0.1) is 5.92 Å². The summed E-state index contributed by atoms with van der Waals surface area (Å²) in [6.45, 7) is 1.38. The van der Waals surface area contributed by atoms with Crippen LogP contribution in [-0.2, 0) is 9.53 Å². The summed E-state index contributed by atoms with van der Waals surface area (Å²) in [6.07, 6.45) is 11.0. The molecule has 168 valence electrons. The molecule has 0 radical (unpaired) electrons. The fourth-order valence-electron chi connectivity index (χ4n) is 5.70. The standard InChI is InChI=1S/C25H34N2O4/c1-31-25(30)22-11-7-17-27(22)24(29)20-14-12-19(13-15-20)23(28)26-16-6-5-9-18-8-3-2-4-10-21(18)26/h12-15,18,21-22H,2-11,16-17H2,1H3. The molecule has 2 saturated heterocycles. The number of ether oxygens (including phenoxy) is 1. The van der Waals surface area contributed by atoms with Crippen molar-refractivity contribution in [3.05, 3.63) is 35.4 Å². The summed E-state index contributed by atoms with van der Waals surface area (Å²) in [5, 5.41) is 0. The van der Waals surface area contributed by atoms with Gasteiger partial charge in [-0.1, -0.05) is 25.7 Å². The Morgan fingerprint density at radius 1 is 0.742 bits per heavy atom.